The second kappa shape index (κ2) is 6.83. The van der Waals surface area contributed by atoms with Crippen molar-refractivity contribution in [2.45, 2.75) is 64.6 Å². The highest BCUT2D eigenvalue weighted by molar-refractivity contribution is 5.76. The molecule has 1 aromatic rings. The van der Waals surface area contributed by atoms with Crippen molar-refractivity contribution in [3.05, 3.63) is 11.9 Å². The zero-order valence-electron chi connectivity index (χ0n) is 12.3. The van der Waals surface area contributed by atoms with Gasteiger partial charge >= 0.3 is 0 Å². The minimum Gasteiger partial charge on any atom is -0.387 e. The summed E-state index contributed by atoms with van der Waals surface area (Å²) in [5.74, 6) is 0.0963. The van der Waals surface area contributed by atoms with Crippen molar-refractivity contribution in [1.82, 2.24) is 19.9 Å². The average Bonchev–Trinajstić information content (AvgIpc) is 2.94. The second-order valence-electron chi connectivity index (χ2n) is 5.41. The van der Waals surface area contributed by atoms with E-state index in [1.807, 2.05) is 11.8 Å². The molecule has 6 nitrogen and oxygen atoms in total. The van der Waals surface area contributed by atoms with Crippen molar-refractivity contribution in [3.63, 3.8) is 0 Å². The van der Waals surface area contributed by atoms with E-state index in [4.69, 9.17) is 0 Å². The molecule has 20 heavy (non-hydrogen) atoms. The van der Waals surface area contributed by atoms with Gasteiger partial charge in [0.15, 0.2) is 0 Å². The van der Waals surface area contributed by atoms with E-state index in [1.54, 1.807) is 6.20 Å². The third-order valence-corrected chi connectivity index (χ3v) is 4.00. The molecule has 0 aromatic carbocycles. The fourth-order valence-corrected chi connectivity index (χ4v) is 2.74. The van der Waals surface area contributed by atoms with Crippen molar-refractivity contribution in [1.29, 1.82) is 0 Å². The van der Waals surface area contributed by atoms with Gasteiger partial charge in [0.1, 0.15) is 12.2 Å². The number of amides is 1. The minimum absolute atomic E-state index is 0.0963. The molecule has 2 atom stereocenters. The molecule has 1 amide bonds. The molecule has 1 N–H and O–H groups in total. The van der Waals surface area contributed by atoms with E-state index in [0.717, 1.165) is 25.8 Å². The van der Waals surface area contributed by atoms with Crippen molar-refractivity contribution in [3.8, 4) is 0 Å². The van der Waals surface area contributed by atoms with Gasteiger partial charge in [-0.3, -0.25) is 4.79 Å². The molecule has 2 unspecified atom stereocenters. The van der Waals surface area contributed by atoms with Gasteiger partial charge in [-0.15, -0.1) is 5.10 Å². The molecule has 0 aliphatic carbocycles. The highest BCUT2D eigenvalue weighted by Gasteiger charge is 2.25. The zero-order valence-corrected chi connectivity index (χ0v) is 12.3. The summed E-state index contributed by atoms with van der Waals surface area (Å²) >= 11 is 0. The van der Waals surface area contributed by atoms with E-state index in [-0.39, 0.29) is 12.5 Å². The highest BCUT2D eigenvalue weighted by Crippen LogP contribution is 2.20. The normalized spacial score (nSPS) is 20.9. The predicted octanol–water partition coefficient (Wildman–Crippen LogP) is 1.51. The smallest absolute Gasteiger partial charge is 0.244 e. The number of aliphatic hydroxyl groups is 1. The topological polar surface area (TPSA) is 71.2 Å². The molecule has 6 heteroatoms. The van der Waals surface area contributed by atoms with E-state index in [1.165, 1.54) is 11.1 Å². The Balaban J connectivity index is 1.98. The number of rotatable bonds is 5. The molecule has 0 spiro atoms. The number of hydrogen-bond donors (Lipinski definition) is 1. The van der Waals surface area contributed by atoms with Gasteiger partial charge in [0.2, 0.25) is 5.91 Å². The Morgan fingerprint density at radius 3 is 3.00 bits per heavy atom. The molecule has 1 aromatic heterocycles. The molecule has 1 saturated heterocycles. The number of carbonyl (C=O) groups is 1. The van der Waals surface area contributed by atoms with Crippen LogP contribution < -0.4 is 0 Å². The van der Waals surface area contributed by atoms with Gasteiger partial charge in [-0.2, -0.15) is 0 Å². The van der Waals surface area contributed by atoms with Crippen LogP contribution in [0.4, 0.5) is 0 Å². The largest absolute Gasteiger partial charge is 0.387 e. The summed E-state index contributed by atoms with van der Waals surface area (Å²) in [5.41, 5.74) is 0.533. The monoisotopic (exact) mass is 280 g/mol. The van der Waals surface area contributed by atoms with Crippen molar-refractivity contribution >= 4 is 5.91 Å². The van der Waals surface area contributed by atoms with Gasteiger partial charge < -0.3 is 10.0 Å². The Labute approximate surface area is 119 Å². The first-order chi connectivity index (χ1) is 9.65. The lowest BCUT2D eigenvalue weighted by Crippen LogP contribution is -2.44. The van der Waals surface area contributed by atoms with Gasteiger partial charge in [-0.1, -0.05) is 19.1 Å². The van der Waals surface area contributed by atoms with Gasteiger partial charge in [-0.25, -0.2) is 4.68 Å². The van der Waals surface area contributed by atoms with Crippen LogP contribution in [0.25, 0.3) is 0 Å². The highest BCUT2D eigenvalue weighted by atomic mass is 16.3. The van der Waals surface area contributed by atoms with Crippen LogP contribution in [-0.2, 0) is 11.3 Å². The zero-order chi connectivity index (χ0) is 14.5. The maximum absolute atomic E-state index is 12.4. The van der Waals surface area contributed by atoms with Gasteiger partial charge in [0.25, 0.3) is 0 Å². The Morgan fingerprint density at radius 2 is 2.30 bits per heavy atom. The lowest BCUT2D eigenvalue weighted by Gasteiger charge is -2.35. The van der Waals surface area contributed by atoms with Crippen molar-refractivity contribution < 1.29 is 9.90 Å². The Kier molecular flexibility index (Phi) is 5.11. The number of hydrogen-bond acceptors (Lipinski definition) is 4. The molecule has 1 fully saturated rings. The average molecular weight is 280 g/mol. The summed E-state index contributed by atoms with van der Waals surface area (Å²) in [5, 5.41) is 17.5. The van der Waals surface area contributed by atoms with E-state index < -0.39 is 6.10 Å². The van der Waals surface area contributed by atoms with Crippen molar-refractivity contribution in [2.24, 2.45) is 0 Å². The van der Waals surface area contributed by atoms with Crippen LogP contribution in [0.5, 0.6) is 0 Å². The van der Waals surface area contributed by atoms with Crippen LogP contribution in [0.2, 0.25) is 0 Å². The lowest BCUT2D eigenvalue weighted by molar-refractivity contribution is -0.135. The van der Waals surface area contributed by atoms with Crippen LogP contribution in [0.3, 0.4) is 0 Å². The molecule has 0 saturated carbocycles. The Morgan fingerprint density at radius 1 is 1.50 bits per heavy atom. The third-order valence-electron chi connectivity index (χ3n) is 4.00. The summed E-state index contributed by atoms with van der Waals surface area (Å²) < 4.78 is 1.53. The SMILES string of the molecule is CCC(O)c1cn(CC(=O)N2CCCCC2CC)nn1. The Bertz CT molecular complexity index is 446. The first kappa shape index (κ1) is 15.0. The van der Waals surface area contributed by atoms with Crippen LogP contribution in [-0.4, -0.2) is 43.5 Å². The number of aromatic nitrogens is 3. The van der Waals surface area contributed by atoms with Crippen LogP contribution in [0, 0.1) is 0 Å². The van der Waals surface area contributed by atoms with Gasteiger partial charge in [-0.05, 0) is 32.1 Å². The molecular weight excluding hydrogens is 256 g/mol. The molecule has 0 radical (unpaired) electrons. The summed E-state index contributed by atoms with van der Waals surface area (Å²) in [6, 6.07) is 0.362. The number of likely N-dealkylation sites (tertiary alicyclic amines) is 1. The van der Waals surface area contributed by atoms with Crippen LogP contribution in [0.1, 0.15) is 57.7 Å². The van der Waals surface area contributed by atoms with E-state index in [9.17, 15) is 9.90 Å². The quantitative estimate of drug-likeness (QED) is 0.887. The number of piperidine rings is 1. The fraction of sp³-hybridized carbons (Fsp3) is 0.786. The molecule has 0 bridgehead atoms. The summed E-state index contributed by atoms with van der Waals surface area (Å²) in [6.07, 6.45) is 6.05. The molecule has 2 heterocycles. The van der Waals surface area contributed by atoms with Crippen LogP contribution >= 0.6 is 0 Å². The first-order valence-corrected chi connectivity index (χ1v) is 7.53. The predicted molar refractivity (Wildman–Crippen MR) is 74.9 cm³/mol. The van der Waals surface area contributed by atoms with Crippen molar-refractivity contribution in [2.75, 3.05) is 6.54 Å². The maximum Gasteiger partial charge on any atom is 0.244 e. The number of carbonyl (C=O) groups excluding carboxylic acids is 1. The molecule has 2 rings (SSSR count). The molecule has 1 aliphatic rings. The van der Waals surface area contributed by atoms with Gasteiger partial charge in [0, 0.05) is 12.6 Å². The fourth-order valence-electron chi connectivity index (χ4n) is 2.74. The Hall–Kier alpha value is -1.43. The summed E-state index contributed by atoms with van der Waals surface area (Å²) in [7, 11) is 0. The first-order valence-electron chi connectivity index (χ1n) is 7.53. The van der Waals surface area contributed by atoms with Gasteiger partial charge in [0.05, 0.1) is 12.3 Å². The van der Waals surface area contributed by atoms with E-state index in [2.05, 4.69) is 17.2 Å². The number of nitrogens with zero attached hydrogens (tertiary/aromatic N) is 4. The third kappa shape index (κ3) is 3.36. The molecule has 1 aliphatic heterocycles. The molecule has 112 valence electrons. The van der Waals surface area contributed by atoms with Crippen LogP contribution in [0.15, 0.2) is 6.20 Å². The summed E-state index contributed by atoms with van der Waals surface area (Å²) in [4.78, 5) is 14.3. The van der Waals surface area contributed by atoms with E-state index >= 15 is 0 Å². The van der Waals surface area contributed by atoms with E-state index in [0.29, 0.717) is 18.2 Å². The molecular formula is C14H24N4O2. The lowest BCUT2D eigenvalue weighted by atomic mass is 10.00. The standard InChI is InChI=1S/C14H24N4O2/c1-3-11-7-5-6-8-18(11)14(20)10-17-9-12(15-16-17)13(19)4-2/h9,11,13,19H,3-8,10H2,1-2H3. The number of aliphatic hydroxyl groups excluding tert-OH is 1. The summed E-state index contributed by atoms with van der Waals surface area (Å²) in [6.45, 7) is 5.06. The second-order valence-corrected chi connectivity index (χ2v) is 5.41. The minimum atomic E-state index is -0.600. The maximum atomic E-state index is 12.4.